The zero-order valence-electron chi connectivity index (χ0n) is 9.40. The molecule has 0 fully saturated rings. The van der Waals surface area contributed by atoms with E-state index in [4.69, 9.17) is 5.11 Å². The van der Waals surface area contributed by atoms with Crippen molar-refractivity contribution >= 4 is 23.7 Å². The molecule has 0 saturated carbocycles. The minimum atomic E-state index is -0.508. The molecule has 0 unspecified atom stereocenters. The van der Waals surface area contributed by atoms with E-state index in [1.165, 1.54) is 18.8 Å². The van der Waals surface area contributed by atoms with Gasteiger partial charge in [0.2, 0.25) is 5.91 Å². The Hall–Kier alpha value is -1.53. The van der Waals surface area contributed by atoms with Gasteiger partial charge in [-0.1, -0.05) is 12.1 Å². The number of amides is 3. The molecule has 3 N–H and O–H groups in total. The van der Waals surface area contributed by atoms with Gasteiger partial charge in [0.1, 0.15) is 0 Å². The fraction of sp³-hybridized carbons (Fsp3) is 0.273. The molecule has 6 heteroatoms. The molecule has 0 radical (unpaired) electrons. The quantitative estimate of drug-likeness (QED) is 0.692. The number of thioether (sulfide) groups is 1. The summed E-state index contributed by atoms with van der Waals surface area (Å²) in [5, 5.41) is 13.3. The first-order chi connectivity index (χ1) is 8.15. The van der Waals surface area contributed by atoms with Crippen LogP contribution in [-0.4, -0.2) is 29.8 Å². The number of hydrogen-bond acceptors (Lipinski definition) is 4. The normalized spacial score (nSPS) is 9.76. The van der Waals surface area contributed by atoms with E-state index in [1.54, 1.807) is 12.1 Å². The number of imide groups is 1. The Morgan fingerprint density at radius 1 is 1.29 bits per heavy atom. The van der Waals surface area contributed by atoms with Crippen molar-refractivity contribution in [3.63, 3.8) is 0 Å². The molecule has 0 atom stereocenters. The van der Waals surface area contributed by atoms with Crippen molar-refractivity contribution in [2.45, 2.75) is 11.5 Å². The van der Waals surface area contributed by atoms with E-state index < -0.39 is 6.03 Å². The second-order valence-corrected chi connectivity index (χ2v) is 4.27. The average Bonchev–Trinajstić information content (AvgIpc) is 2.36. The summed E-state index contributed by atoms with van der Waals surface area (Å²) < 4.78 is 0. The smallest absolute Gasteiger partial charge is 0.321 e. The van der Waals surface area contributed by atoms with Crippen LogP contribution < -0.4 is 10.6 Å². The summed E-state index contributed by atoms with van der Waals surface area (Å²) in [7, 11) is 1.45. The van der Waals surface area contributed by atoms with Crippen LogP contribution in [0, 0.1) is 0 Å². The summed E-state index contributed by atoms with van der Waals surface area (Å²) in [6, 6.07) is 6.72. The van der Waals surface area contributed by atoms with Crippen molar-refractivity contribution in [3.8, 4) is 0 Å². The molecule has 0 aliphatic rings. The number of benzene rings is 1. The third-order valence-electron chi connectivity index (χ3n) is 1.96. The van der Waals surface area contributed by atoms with Crippen molar-refractivity contribution in [2.24, 2.45) is 0 Å². The van der Waals surface area contributed by atoms with Gasteiger partial charge in [-0.15, -0.1) is 11.8 Å². The van der Waals surface area contributed by atoms with Crippen molar-refractivity contribution in [1.82, 2.24) is 10.6 Å². The molecular formula is C11H14N2O3S. The van der Waals surface area contributed by atoms with Crippen molar-refractivity contribution in [2.75, 3.05) is 12.8 Å². The predicted molar refractivity (Wildman–Crippen MR) is 65.7 cm³/mol. The molecule has 0 aliphatic carbocycles. The van der Waals surface area contributed by atoms with Gasteiger partial charge in [0.05, 0.1) is 12.4 Å². The van der Waals surface area contributed by atoms with E-state index in [1.807, 2.05) is 12.1 Å². The van der Waals surface area contributed by atoms with Crippen LogP contribution in [-0.2, 0) is 11.4 Å². The minimum absolute atomic E-state index is 0.00209. The number of nitrogens with one attached hydrogen (secondary N) is 2. The molecule has 0 aliphatic heterocycles. The Bertz CT molecular complexity index is 392. The fourth-order valence-electron chi connectivity index (χ4n) is 1.07. The van der Waals surface area contributed by atoms with Crippen LogP contribution in [0.25, 0.3) is 0 Å². The zero-order chi connectivity index (χ0) is 12.7. The molecule has 92 valence electrons. The molecule has 0 saturated heterocycles. The van der Waals surface area contributed by atoms with Crippen LogP contribution >= 0.6 is 11.8 Å². The summed E-state index contributed by atoms with van der Waals surface area (Å²) in [5.41, 5.74) is 0.823. The number of rotatable bonds is 4. The first-order valence-corrected chi connectivity index (χ1v) is 5.98. The van der Waals surface area contributed by atoms with E-state index in [0.717, 1.165) is 10.5 Å². The lowest BCUT2D eigenvalue weighted by Crippen LogP contribution is -2.38. The van der Waals surface area contributed by atoms with Crippen LogP contribution in [0.15, 0.2) is 29.2 Å². The number of carbonyl (C=O) groups excluding carboxylic acids is 2. The van der Waals surface area contributed by atoms with Gasteiger partial charge in [-0.3, -0.25) is 10.1 Å². The maximum absolute atomic E-state index is 11.3. The lowest BCUT2D eigenvalue weighted by Gasteiger charge is -2.03. The lowest BCUT2D eigenvalue weighted by atomic mass is 10.2. The van der Waals surface area contributed by atoms with Crippen LogP contribution in [0.1, 0.15) is 5.56 Å². The van der Waals surface area contributed by atoms with Gasteiger partial charge in [-0.25, -0.2) is 4.79 Å². The molecule has 0 heterocycles. The van der Waals surface area contributed by atoms with Gasteiger partial charge in [0.25, 0.3) is 0 Å². The monoisotopic (exact) mass is 254 g/mol. The summed E-state index contributed by atoms with van der Waals surface area (Å²) >= 11 is 1.33. The van der Waals surface area contributed by atoms with Gasteiger partial charge in [-0.2, -0.15) is 0 Å². The Morgan fingerprint density at radius 3 is 2.47 bits per heavy atom. The molecule has 3 amide bonds. The van der Waals surface area contributed by atoms with E-state index in [2.05, 4.69) is 10.6 Å². The van der Waals surface area contributed by atoms with Crippen molar-refractivity contribution in [1.29, 1.82) is 0 Å². The topological polar surface area (TPSA) is 78.4 Å². The molecule has 0 bridgehead atoms. The highest BCUT2D eigenvalue weighted by Crippen LogP contribution is 2.17. The standard InChI is InChI=1S/C11H14N2O3S/c1-12-11(16)13-10(15)7-17-9-4-2-8(6-14)3-5-9/h2-5,14H,6-7H2,1H3,(H2,12,13,15,16). The molecule has 1 aromatic carbocycles. The third kappa shape index (κ3) is 4.88. The van der Waals surface area contributed by atoms with Gasteiger partial charge in [-0.05, 0) is 17.7 Å². The van der Waals surface area contributed by atoms with Crippen LogP contribution in [0.4, 0.5) is 4.79 Å². The predicted octanol–water partition coefficient (Wildman–Crippen LogP) is 0.727. The second-order valence-electron chi connectivity index (χ2n) is 3.22. The summed E-state index contributed by atoms with van der Waals surface area (Å²) in [4.78, 5) is 23.0. The molecule has 0 aromatic heterocycles. The Morgan fingerprint density at radius 2 is 1.94 bits per heavy atom. The van der Waals surface area contributed by atoms with Crippen molar-refractivity contribution < 1.29 is 14.7 Å². The number of carbonyl (C=O) groups is 2. The molecule has 0 spiro atoms. The lowest BCUT2D eigenvalue weighted by molar-refractivity contribution is -0.117. The largest absolute Gasteiger partial charge is 0.392 e. The Kier molecular flexibility index (Phi) is 5.51. The first-order valence-electron chi connectivity index (χ1n) is 5.00. The summed E-state index contributed by atoms with van der Waals surface area (Å²) in [6.07, 6.45) is 0. The highest BCUT2D eigenvalue weighted by Gasteiger charge is 2.06. The van der Waals surface area contributed by atoms with Crippen molar-refractivity contribution in [3.05, 3.63) is 29.8 Å². The maximum Gasteiger partial charge on any atom is 0.321 e. The first kappa shape index (κ1) is 13.5. The van der Waals surface area contributed by atoms with Gasteiger partial charge in [0, 0.05) is 11.9 Å². The Labute approximate surface area is 104 Å². The molecular weight excluding hydrogens is 240 g/mol. The van der Waals surface area contributed by atoms with E-state index >= 15 is 0 Å². The number of hydrogen-bond donors (Lipinski definition) is 3. The van der Waals surface area contributed by atoms with Gasteiger partial charge < -0.3 is 10.4 Å². The molecule has 5 nitrogen and oxygen atoms in total. The number of urea groups is 1. The highest BCUT2D eigenvalue weighted by molar-refractivity contribution is 8.00. The summed E-state index contributed by atoms with van der Waals surface area (Å²) in [5.74, 6) is -0.174. The van der Waals surface area contributed by atoms with Crippen LogP contribution in [0.2, 0.25) is 0 Å². The molecule has 1 aromatic rings. The maximum atomic E-state index is 11.3. The van der Waals surface area contributed by atoms with E-state index in [9.17, 15) is 9.59 Å². The Balaban J connectivity index is 2.39. The zero-order valence-corrected chi connectivity index (χ0v) is 10.2. The fourth-order valence-corrected chi connectivity index (χ4v) is 1.76. The second kappa shape index (κ2) is 6.93. The summed E-state index contributed by atoms with van der Waals surface area (Å²) in [6.45, 7) is 0.00209. The van der Waals surface area contributed by atoms with Gasteiger partial charge >= 0.3 is 6.03 Å². The SMILES string of the molecule is CNC(=O)NC(=O)CSc1ccc(CO)cc1. The average molecular weight is 254 g/mol. The van der Waals surface area contributed by atoms with Crippen LogP contribution in [0.3, 0.4) is 0 Å². The van der Waals surface area contributed by atoms with Crippen LogP contribution in [0.5, 0.6) is 0 Å². The molecule has 17 heavy (non-hydrogen) atoms. The van der Waals surface area contributed by atoms with E-state index in [0.29, 0.717) is 0 Å². The van der Waals surface area contributed by atoms with Gasteiger partial charge in [0.15, 0.2) is 0 Å². The highest BCUT2D eigenvalue weighted by atomic mass is 32.2. The number of aliphatic hydroxyl groups is 1. The number of aliphatic hydroxyl groups excluding tert-OH is 1. The third-order valence-corrected chi connectivity index (χ3v) is 2.97. The molecule has 1 rings (SSSR count). The van der Waals surface area contributed by atoms with E-state index in [-0.39, 0.29) is 18.3 Å². The minimum Gasteiger partial charge on any atom is -0.392 e.